The molecule has 4 heteroatoms. The van der Waals surface area contributed by atoms with Crippen molar-refractivity contribution in [2.45, 2.75) is 19.1 Å². The SMILES string of the molecule is CC(O)[C@@H](N)c1cc(Cl)ccc1N. The average Bonchev–Trinajstić information content (AvgIpc) is 2.08. The number of hydrogen-bond acceptors (Lipinski definition) is 3. The number of rotatable bonds is 2. The Kier molecular flexibility index (Phi) is 3.14. The van der Waals surface area contributed by atoms with Gasteiger partial charge in [0, 0.05) is 10.7 Å². The molecule has 0 aliphatic rings. The Bertz CT molecular complexity index is 302. The van der Waals surface area contributed by atoms with Gasteiger partial charge in [-0.1, -0.05) is 11.6 Å². The van der Waals surface area contributed by atoms with Crippen molar-refractivity contribution in [2.24, 2.45) is 5.73 Å². The van der Waals surface area contributed by atoms with Gasteiger partial charge in [0.15, 0.2) is 0 Å². The molecule has 0 heterocycles. The van der Waals surface area contributed by atoms with Crippen LogP contribution in [0.3, 0.4) is 0 Å². The maximum atomic E-state index is 9.27. The van der Waals surface area contributed by atoms with Gasteiger partial charge in [-0.3, -0.25) is 0 Å². The standard InChI is InChI=1S/C9H13ClN2O/c1-5(13)9(12)7-4-6(10)2-3-8(7)11/h2-5,9,13H,11-12H2,1H3/t5?,9-/m1/s1. The van der Waals surface area contributed by atoms with E-state index in [1.54, 1.807) is 25.1 Å². The van der Waals surface area contributed by atoms with Crippen molar-refractivity contribution >= 4 is 17.3 Å². The third kappa shape index (κ3) is 2.34. The van der Waals surface area contributed by atoms with E-state index in [1.807, 2.05) is 0 Å². The van der Waals surface area contributed by atoms with Crippen molar-refractivity contribution in [1.82, 2.24) is 0 Å². The molecular formula is C9H13ClN2O. The molecule has 0 aliphatic heterocycles. The second-order valence-electron chi connectivity index (χ2n) is 3.04. The summed E-state index contributed by atoms with van der Waals surface area (Å²) in [5, 5.41) is 9.84. The molecule has 1 unspecified atom stereocenters. The molecule has 0 saturated heterocycles. The average molecular weight is 201 g/mol. The van der Waals surface area contributed by atoms with Crippen LogP contribution in [0.25, 0.3) is 0 Å². The van der Waals surface area contributed by atoms with Crippen LogP contribution in [0.5, 0.6) is 0 Å². The normalized spacial score (nSPS) is 15.4. The zero-order chi connectivity index (χ0) is 10.0. The molecule has 1 aromatic rings. The number of aliphatic hydroxyl groups is 1. The van der Waals surface area contributed by atoms with Crippen LogP contribution in [0.2, 0.25) is 5.02 Å². The molecule has 0 aliphatic carbocycles. The van der Waals surface area contributed by atoms with E-state index >= 15 is 0 Å². The molecule has 0 spiro atoms. The largest absolute Gasteiger partial charge is 0.398 e. The zero-order valence-corrected chi connectivity index (χ0v) is 8.12. The van der Waals surface area contributed by atoms with Gasteiger partial charge in [-0.25, -0.2) is 0 Å². The third-order valence-corrected chi connectivity index (χ3v) is 2.16. The number of aliphatic hydroxyl groups excluding tert-OH is 1. The van der Waals surface area contributed by atoms with Crippen LogP contribution in [0.15, 0.2) is 18.2 Å². The molecule has 0 fully saturated rings. The number of halogens is 1. The highest BCUT2D eigenvalue weighted by Gasteiger charge is 2.14. The number of anilines is 1. The number of benzene rings is 1. The van der Waals surface area contributed by atoms with Crippen molar-refractivity contribution in [3.63, 3.8) is 0 Å². The first kappa shape index (κ1) is 10.3. The monoisotopic (exact) mass is 200 g/mol. The summed E-state index contributed by atoms with van der Waals surface area (Å²) in [4.78, 5) is 0. The lowest BCUT2D eigenvalue weighted by Gasteiger charge is -2.17. The lowest BCUT2D eigenvalue weighted by atomic mass is 10.0. The van der Waals surface area contributed by atoms with Gasteiger partial charge >= 0.3 is 0 Å². The number of nitrogen functional groups attached to an aromatic ring is 1. The fourth-order valence-electron chi connectivity index (χ4n) is 1.09. The van der Waals surface area contributed by atoms with Crippen LogP contribution in [0.4, 0.5) is 5.69 Å². The Labute approximate surface area is 82.3 Å². The summed E-state index contributed by atoms with van der Waals surface area (Å²) >= 11 is 5.77. The quantitative estimate of drug-likeness (QED) is 0.631. The molecule has 3 nitrogen and oxygen atoms in total. The van der Waals surface area contributed by atoms with Crippen LogP contribution >= 0.6 is 11.6 Å². The predicted octanol–water partition coefficient (Wildman–Crippen LogP) is 1.30. The smallest absolute Gasteiger partial charge is 0.0705 e. The minimum absolute atomic E-state index is 0.487. The second-order valence-corrected chi connectivity index (χ2v) is 3.48. The Morgan fingerprint density at radius 2 is 2.08 bits per heavy atom. The van der Waals surface area contributed by atoms with Crippen molar-refractivity contribution in [3.8, 4) is 0 Å². The Balaban J connectivity index is 3.05. The summed E-state index contributed by atoms with van der Waals surface area (Å²) in [5.41, 5.74) is 12.6. The summed E-state index contributed by atoms with van der Waals surface area (Å²) in [7, 11) is 0. The van der Waals surface area contributed by atoms with Gasteiger partial charge < -0.3 is 16.6 Å². The van der Waals surface area contributed by atoms with E-state index in [0.717, 1.165) is 0 Å². The Morgan fingerprint density at radius 3 is 2.62 bits per heavy atom. The van der Waals surface area contributed by atoms with Gasteiger partial charge in [-0.15, -0.1) is 0 Å². The highest BCUT2D eigenvalue weighted by Crippen LogP contribution is 2.24. The van der Waals surface area contributed by atoms with Gasteiger partial charge in [0.2, 0.25) is 0 Å². The lowest BCUT2D eigenvalue weighted by Crippen LogP contribution is -2.24. The molecule has 13 heavy (non-hydrogen) atoms. The highest BCUT2D eigenvalue weighted by molar-refractivity contribution is 6.30. The molecule has 1 rings (SSSR count). The Morgan fingerprint density at radius 1 is 1.46 bits per heavy atom. The predicted molar refractivity (Wildman–Crippen MR) is 54.5 cm³/mol. The molecule has 2 atom stereocenters. The Hall–Kier alpha value is -0.770. The summed E-state index contributed by atoms with van der Waals surface area (Å²) in [5.74, 6) is 0. The van der Waals surface area contributed by atoms with Crippen LogP contribution in [-0.2, 0) is 0 Å². The van der Waals surface area contributed by atoms with E-state index in [-0.39, 0.29) is 0 Å². The van der Waals surface area contributed by atoms with E-state index in [0.29, 0.717) is 16.3 Å². The van der Waals surface area contributed by atoms with E-state index in [1.165, 1.54) is 0 Å². The zero-order valence-electron chi connectivity index (χ0n) is 7.37. The molecular weight excluding hydrogens is 188 g/mol. The molecule has 0 saturated carbocycles. The molecule has 5 N–H and O–H groups in total. The minimum atomic E-state index is -0.638. The van der Waals surface area contributed by atoms with E-state index in [4.69, 9.17) is 23.1 Å². The molecule has 0 amide bonds. The van der Waals surface area contributed by atoms with Crippen molar-refractivity contribution in [1.29, 1.82) is 0 Å². The topological polar surface area (TPSA) is 72.3 Å². The first-order chi connectivity index (χ1) is 6.02. The summed E-state index contributed by atoms with van der Waals surface area (Å²) in [6.45, 7) is 1.62. The first-order valence-electron chi connectivity index (χ1n) is 4.01. The highest BCUT2D eigenvalue weighted by atomic mass is 35.5. The number of nitrogens with two attached hydrogens (primary N) is 2. The van der Waals surface area contributed by atoms with Crippen LogP contribution < -0.4 is 11.5 Å². The molecule has 1 aromatic carbocycles. The van der Waals surface area contributed by atoms with Gasteiger partial charge in [0.05, 0.1) is 12.1 Å². The maximum absolute atomic E-state index is 9.27. The van der Waals surface area contributed by atoms with Crippen molar-refractivity contribution in [3.05, 3.63) is 28.8 Å². The molecule has 72 valence electrons. The number of hydrogen-bond donors (Lipinski definition) is 3. The van der Waals surface area contributed by atoms with E-state index < -0.39 is 12.1 Å². The van der Waals surface area contributed by atoms with Gasteiger partial charge in [-0.05, 0) is 30.7 Å². The minimum Gasteiger partial charge on any atom is -0.398 e. The fraction of sp³-hybridized carbons (Fsp3) is 0.333. The van der Waals surface area contributed by atoms with E-state index in [2.05, 4.69) is 0 Å². The van der Waals surface area contributed by atoms with Crippen LogP contribution in [0, 0.1) is 0 Å². The molecule has 0 aromatic heterocycles. The van der Waals surface area contributed by atoms with Crippen LogP contribution in [-0.4, -0.2) is 11.2 Å². The van der Waals surface area contributed by atoms with E-state index in [9.17, 15) is 5.11 Å². The first-order valence-corrected chi connectivity index (χ1v) is 4.38. The maximum Gasteiger partial charge on any atom is 0.0705 e. The van der Waals surface area contributed by atoms with Gasteiger partial charge in [0.25, 0.3) is 0 Å². The summed E-state index contributed by atoms with van der Waals surface area (Å²) in [6, 6.07) is 4.56. The van der Waals surface area contributed by atoms with Crippen molar-refractivity contribution < 1.29 is 5.11 Å². The fourth-order valence-corrected chi connectivity index (χ4v) is 1.27. The molecule has 0 bridgehead atoms. The van der Waals surface area contributed by atoms with Gasteiger partial charge in [-0.2, -0.15) is 0 Å². The van der Waals surface area contributed by atoms with Crippen molar-refractivity contribution in [2.75, 3.05) is 5.73 Å². The third-order valence-electron chi connectivity index (χ3n) is 1.93. The van der Waals surface area contributed by atoms with Gasteiger partial charge in [0.1, 0.15) is 0 Å². The summed E-state index contributed by atoms with van der Waals surface area (Å²) in [6.07, 6.45) is -0.638. The second kappa shape index (κ2) is 3.96. The molecule has 0 radical (unpaired) electrons. The summed E-state index contributed by atoms with van der Waals surface area (Å²) < 4.78 is 0. The lowest BCUT2D eigenvalue weighted by molar-refractivity contribution is 0.164. The van der Waals surface area contributed by atoms with Crippen LogP contribution in [0.1, 0.15) is 18.5 Å².